The third kappa shape index (κ3) is 2.27. The first-order chi connectivity index (χ1) is 6.15. The van der Waals surface area contributed by atoms with Crippen LogP contribution in [-0.2, 0) is 14.4 Å². The summed E-state index contributed by atoms with van der Waals surface area (Å²) in [6, 6.07) is 0. The van der Waals surface area contributed by atoms with Crippen LogP contribution in [0.4, 0.5) is 0 Å². The van der Waals surface area contributed by atoms with Crippen molar-refractivity contribution in [3.63, 3.8) is 0 Å². The summed E-state index contributed by atoms with van der Waals surface area (Å²) in [6.45, 7) is 1.89. The van der Waals surface area contributed by atoms with Gasteiger partial charge in [-0.1, -0.05) is 6.92 Å². The van der Waals surface area contributed by atoms with Crippen LogP contribution in [-0.4, -0.2) is 22.8 Å². The number of amides is 2. The molecule has 0 saturated carbocycles. The molecule has 1 saturated heterocycles. The third-order valence-corrected chi connectivity index (χ3v) is 1.68. The number of hydrogen-bond acceptors (Lipinski definition) is 4. The molecule has 0 unspecified atom stereocenters. The van der Waals surface area contributed by atoms with Gasteiger partial charge < -0.3 is 4.84 Å². The number of rotatable bonds is 3. The molecule has 0 aromatic rings. The Hall–Kier alpha value is -1.39. The molecule has 0 spiro atoms. The molecule has 0 atom stereocenters. The van der Waals surface area contributed by atoms with Crippen LogP contribution in [0.5, 0.6) is 0 Å². The van der Waals surface area contributed by atoms with Crippen molar-refractivity contribution in [3.8, 4) is 0 Å². The Morgan fingerprint density at radius 2 is 2.00 bits per heavy atom. The fourth-order valence-corrected chi connectivity index (χ4v) is 1.04. The van der Waals surface area contributed by atoms with Gasteiger partial charge >= 0.3 is 0 Å². The highest BCUT2D eigenvalue weighted by Crippen LogP contribution is 2.12. The largest absolute Gasteiger partial charge is 0.354 e. The van der Waals surface area contributed by atoms with Crippen molar-refractivity contribution in [3.05, 3.63) is 0 Å². The highest BCUT2D eigenvalue weighted by molar-refractivity contribution is 6.01. The van der Waals surface area contributed by atoms with Crippen LogP contribution in [0, 0.1) is 5.41 Å². The van der Waals surface area contributed by atoms with E-state index in [1.165, 1.54) is 0 Å². The molecule has 5 heteroatoms. The molecule has 1 heterocycles. The molecular formula is C8H12N2O3. The fourth-order valence-electron chi connectivity index (χ4n) is 1.04. The van der Waals surface area contributed by atoms with E-state index in [9.17, 15) is 9.59 Å². The predicted molar refractivity (Wildman–Crippen MR) is 44.8 cm³/mol. The Morgan fingerprint density at radius 3 is 2.46 bits per heavy atom. The molecule has 0 aromatic heterocycles. The molecule has 1 aliphatic rings. The minimum absolute atomic E-state index is 0.0360. The monoisotopic (exact) mass is 184 g/mol. The SMILES string of the molecule is CCCC(=N)ON1C(=O)CCC1=O. The van der Waals surface area contributed by atoms with E-state index in [1.807, 2.05) is 6.92 Å². The third-order valence-electron chi connectivity index (χ3n) is 1.68. The van der Waals surface area contributed by atoms with Crippen LogP contribution >= 0.6 is 0 Å². The minimum Gasteiger partial charge on any atom is -0.354 e. The van der Waals surface area contributed by atoms with E-state index in [2.05, 4.69) is 0 Å². The fraction of sp³-hybridized carbons (Fsp3) is 0.625. The molecule has 0 aliphatic carbocycles. The summed E-state index contributed by atoms with van der Waals surface area (Å²) in [6.07, 6.45) is 1.59. The summed E-state index contributed by atoms with van der Waals surface area (Å²) < 4.78 is 0. The van der Waals surface area contributed by atoms with Gasteiger partial charge in [-0.05, 0) is 6.42 Å². The van der Waals surface area contributed by atoms with Crippen molar-refractivity contribution in [1.29, 1.82) is 5.41 Å². The molecule has 1 fully saturated rings. The van der Waals surface area contributed by atoms with E-state index in [0.717, 1.165) is 6.42 Å². The van der Waals surface area contributed by atoms with E-state index in [4.69, 9.17) is 10.2 Å². The van der Waals surface area contributed by atoms with Gasteiger partial charge in [0.2, 0.25) is 5.90 Å². The Bertz CT molecular complexity index is 234. The topological polar surface area (TPSA) is 70.5 Å². The number of imide groups is 1. The number of carbonyl (C=O) groups is 2. The molecule has 13 heavy (non-hydrogen) atoms. The van der Waals surface area contributed by atoms with Gasteiger partial charge in [-0.2, -0.15) is 0 Å². The predicted octanol–water partition coefficient (Wildman–Crippen LogP) is 0.844. The summed E-state index contributed by atoms with van der Waals surface area (Å²) >= 11 is 0. The lowest BCUT2D eigenvalue weighted by molar-refractivity contribution is -0.167. The Labute approximate surface area is 76.1 Å². The smallest absolute Gasteiger partial charge is 0.263 e. The van der Waals surface area contributed by atoms with Crippen LogP contribution in [0.25, 0.3) is 0 Å². The van der Waals surface area contributed by atoms with Crippen molar-refractivity contribution < 1.29 is 14.4 Å². The first-order valence-corrected chi connectivity index (χ1v) is 4.26. The van der Waals surface area contributed by atoms with Gasteiger partial charge in [0.25, 0.3) is 11.8 Å². The molecular weight excluding hydrogens is 172 g/mol. The number of hydrogen-bond donors (Lipinski definition) is 1. The van der Waals surface area contributed by atoms with Crippen molar-refractivity contribution in [2.75, 3.05) is 0 Å². The lowest BCUT2D eigenvalue weighted by Gasteiger charge is -2.13. The van der Waals surface area contributed by atoms with Crippen molar-refractivity contribution in [1.82, 2.24) is 5.06 Å². The molecule has 2 amide bonds. The lowest BCUT2D eigenvalue weighted by Crippen LogP contribution is -2.31. The highest BCUT2D eigenvalue weighted by Gasteiger charge is 2.31. The van der Waals surface area contributed by atoms with E-state index >= 15 is 0 Å². The summed E-state index contributed by atoms with van der Waals surface area (Å²) in [5.74, 6) is -0.747. The first kappa shape index (κ1) is 9.70. The molecule has 72 valence electrons. The van der Waals surface area contributed by atoms with Crippen molar-refractivity contribution in [2.45, 2.75) is 32.6 Å². The molecule has 0 aromatic carbocycles. The van der Waals surface area contributed by atoms with Gasteiger partial charge in [0, 0.05) is 19.3 Å². The second-order valence-electron chi connectivity index (χ2n) is 2.85. The molecule has 0 bridgehead atoms. The lowest BCUT2D eigenvalue weighted by atomic mass is 10.3. The molecule has 5 nitrogen and oxygen atoms in total. The van der Waals surface area contributed by atoms with Crippen molar-refractivity contribution >= 4 is 17.7 Å². The van der Waals surface area contributed by atoms with Crippen LogP contribution in [0.15, 0.2) is 0 Å². The molecule has 1 aliphatic heterocycles. The standard InChI is InChI=1S/C8H12N2O3/c1-2-3-6(9)13-10-7(11)4-5-8(10)12/h9H,2-5H2,1H3. The minimum atomic E-state index is -0.356. The van der Waals surface area contributed by atoms with Crippen LogP contribution in [0.2, 0.25) is 0 Å². The summed E-state index contributed by atoms with van der Waals surface area (Å²) in [5, 5.41) is 7.96. The molecule has 1 rings (SSSR count). The van der Waals surface area contributed by atoms with Crippen LogP contribution in [0.1, 0.15) is 32.6 Å². The Balaban J connectivity index is 2.48. The Kier molecular flexibility index (Phi) is 3.00. The van der Waals surface area contributed by atoms with Gasteiger partial charge in [-0.3, -0.25) is 15.0 Å². The maximum atomic E-state index is 11.0. The maximum absolute atomic E-state index is 11.0. The second-order valence-corrected chi connectivity index (χ2v) is 2.85. The number of nitrogens with one attached hydrogen (secondary N) is 1. The van der Waals surface area contributed by atoms with E-state index in [0.29, 0.717) is 11.5 Å². The second kappa shape index (κ2) is 4.02. The van der Waals surface area contributed by atoms with Gasteiger partial charge in [0.05, 0.1) is 0 Å². The average molecular weight is 184 g/mol. The zero-order valence-corrected chi connectivity index (χ0v) is 7.50. The van der Waals surface area contributed by atoms with E-state index < -0.39 is 0 Å². The summed E-state index contributed by atoms with van der Waals surface area (Å²) in [4.78, 5) is 26.8. The zero-order chi connectivity index (χ0) is 9.84. The molecule has 1 N–H and O–H groups in total. The normalized spacial score (nSPS) is 16.5. The van der Waals surface area contributed by atoms with E-state index in [1.54, 1.807) is 0 Å². The maximum Gasteiger partial charge on any atom is 0.263 e. The zero-order valence-electron chi connectivity index (χ0n) is 7.50. The first-order valence-electron chi connectivity index (χ1n) is 4.26. The highest BCUT2D eigenvalue weighted by atomic mass is 16.7. The Morgan fingerprint density at radius 1 is 1.46 bits per heavy atom. The van der Waals surface area contributed by atoms with Gasteiger partial charge in [-0.25, -0.2) is 0 Å². The number of hydroxylamine groups is 2. The van der Waals surface area contributed by atoms with Crippen LogP contribution in [0.3, 0.4) is 0 Å². The van der Waals surface area contributed by atoms with Crippen LogP contribution < -0.4 is 0 Å². The van der Waals surface area contributed by atoms with E-state index in [-0.39, 0.29) is 30.6 Å². The molecule has 0 radical (unpaired) electrons. The quantitative estimate of drug-likeness (QED) is 0.401. The number of carbonyl (C=O) groups excluding carboxylic acids is 2. The van der Waals surface area contributed by atoms with Crippen molar-refractivity contribution in [2.24, 2.45) is 0 Å². The van der Waals surface area contributed by atoms with Gasteiger partial charge in [-0.15, -0.1) is 5.06 Å². The summed E-state index contributed by atoms with van der Waals surface area (Å²) in [7, 11) is 0. The van der Waals surface area contributed by atoms with Gasteiger partial charge in [0.1, 0.15) is 0 Å². The van der Waals surface area contributed by atoms with Gasteiger partial charge in [0.15, 0.2) is 0 Å². The number of nitrogens with zero attached hydrogens (tertiary/aromatic N) is 1. The summed E-state index contributed by atoms with van der Waals surface area (Å²) in [5.41, 5.74) is 0. The average Bonchev–Trinajstić information content (AvgIpc) is 2.36.